The Morgan fingerprint density at radius 3 is 2.70 bits per heavy atom. The second-order valence-corrected chi connectivity index (χ2v) is 5.58. The lowest BCUT2D eigenvalue weighted by molar-refractivity contribution is -0.126. The van der Waals surface area contributed by atoms with Crippen molar-refractivity contribution in [3.8, 4) is 5.75 Å². The Labute approximate surface area is 137 Å². The van der Waals surface area contributed by atoms with Crippen LogP contribution in [0.5, 0.6) is 5.75 Å². The van der Waals surface area contributed by atoms with Gasteiger partial charge in [-0.25, -0.2) is 0 Å². The van der Waals surface area contributed by atoms with Gasteiger partial charge in [-0.15, -0.1) is 0 Å². The Balaban J connectivity index is 1.70. The van der Waals surface area contributed by atoms with E-state index in [0.29, 0.717) is 13.2 Å². The van der Waals surface area contributed by atoms with Crippen molar-refractivity contribution in [2.24, 2.45) is 0 Å². The van der Waals surface area contributed by atoms with Crippen LogP contribution in [0.15, 0.2) is 54.6 Å². The molecule has 118 valence electrons. The van der Waals surface area contributed by atoms with Crippen LogP contribution < -0.4 is 4.74 Å². The molecule has 0 bridgehead atoms. The van der Waals surface area contributed by atoms with Gasteiger partial charge in [0.2, 0.25) is 5.91 Å². The summed E-state index contributed by atoms with van der Waals surface area (Å²) in [6, 6.07) is 16.1. The molecule has 1 aliphatic rings. The molecular formula is C20H21NO2. The van der Waals surface area contributed by atoms with Crippen molar-refractivity contribution in [1.29, 1.82) is 0 Å². The van der Waals surface area contributed by atoms with Gasteiger partial charge in [-0.2, -0.15) is 0 Å². The summed E-state index contributed by atoms with van der Waals surface area (Å²) in [4.78, 5) is 14.3. The summed E-state index contributed by atoms with van der Waals surface area (Å²) < 4.78 is 5.59. The minimum atomic E-state index is 0.0470. The van der Waals surface area contributed by atoms with E-state index in [-0.39, 0.29) is 5.91 Å². The number of hydrogen-bond donors (Lipinski definition) is 0. The van der Waals surface area contributed by atoms with Crippen molar-refractivity contribution in [2.45, 2.75) is 19.9 Å². The van der Waals surface area contributed by atoms with Gasteiger partial charge in [-0.3, -0.25) is 4.79 Å². The van der Waals surface area contributed by atoms with Gasteiger partial charge in [-0.1, -0.05) is 42.5 Å². The molecule has 2 aromatic rings. The molecule has 3 nitrogen and oxygen atoms in total. The van der Waals surface area contributed by atoms with Crippen LogP contribution in [0.4, 0.5) is 0 Å². The highest BCUT2D eigenvalue weighted by molar-refractivity contribution is 5.92. The predicted octanol–water partition coefficient (Wildman–Crippen LogP) is 3.68. The molecule has 0 aliphatic carbocycles. The first-order valence-corrected chi connectivity index (χ1v) is 8.03. The van der Waals surface area contributed by atoms with E-state index in [9.17, 15) is 4.79 Å². The zero-order valence-electron chi connectivity index (χ0n) is 13.4. The van der Waals surface area contributed by atoms with Crippen LogP contribution in [-0.4, -0.2) is 24.0 Å². The number of amides is 1. The Kier molecular flexibility index (Phi) is 4.77. The third-order valence-corrected chi connectivity index (χ3v) is 4.07. The Morgan fingerprint density at radius 2 is 1.87 bits per heavy atom. The van der Waals surface area contributed by atoms with E-state index < -0.39 is 0 Å². The van der Waals surface area contributed by atoms with Crippen LogP contribution in [0, 0.1) is 0 Å². The van der Waals surface area contributed by atoms with Crippen LogP contribution in [0.3, 0.4) is 0 Å². The number of rotatable bonds is 4. The van der Waals surface area contributed by atoms with Gasteiger partial charge in [0.25, 0.3) is 0 Å². The first kappa shape index (κ1) is 15.3. The summed E-state index contributed by atoms with van der Waals surface area (Å²) in [5.41, 5.74) is 3.53. The topological polar surface area (TPSA) is 29.5 Å². The quantitative estimate of drug-likeness (QED) is 0.806. The molecule has 0 saturated heterocycles. The molecule has 0 atom stereocenters. The number of nitrogens with zero attached hydrogens (tertiary/aromatic N) is 1. The number of fused-ring (bicyclic) bond motifs is 1. The molecule has 0 radical (unpaired) electrons. The van der Waals surface area contributed by atoms with Crippen molar-refractivity contribution in [3.63, 3.8) is 0 Å². The fraction of sp³-hybridized carbons (Fsp3) is 0.250. The van der Waals surface area contributed by atoms with Crippen LogP contribution in [0.1, 0.15) is 23.6 Å². The third-order valence-electron chi connectivity index (χ3n) is 4.07. The molecule has 23 heavy (non-hydrogen) atoms. The Morgan fingerprint density at radius 1 is 1.13 bits per heavy atom. The van der Waals surface area contributed by atoms with E-state index in [1.54, 1.807) is 6.08 Å². The van der Waals surface area contributed by atoms with E-state index in [1.807, 2.05) is 48.2 Å². The standard InChI is InChI=1S/C20H21NO2/c1-2-23-19-10-6-5-8-17(19)11-12-20(22)21-14-13-16-7-3-4-9-18(16)15-21/h3-12H,2,13-15H2,1H3/b12-11+. The fourth-order valence-corrected chi connectivity index (χ4v) is 2.86. The van der Waals surface area contributed by atoms with E-state index in [2.05, 4.69) is 18.2 Å². The molecule has 0 aromatic heterocycles. The molecule has 1 aliphatic heterocycles. The lowest BCUT2D eigenvalue weighted by atomic mass is 10.00. The molecular weight excluding hydrogens is 286 g/mol. The van der Waals surface area contributed by atoms with Gasteiger partial charge >= 0.3 is 0 Å². The lowest BCUT2D eigenvalue weighted by Gasteiger charge is -2.27. The van der Waals surface area contributed by atoms with Crippen molar-refractivity contribution in [2.75, 3.05) is 13.2 Å². The largest absolute Gasteiger partial charge is 0.493 e. The summed E-state index contributed by atoms with van der Waals surface area (Å²) >= 11 is 0. The van der Waals surface area contributed by atoms with Gasteiger partial charge in [0, 0.05) is 24.7 Å². The second kappa shape index (κ2) is 7.14. The number of carbonyl (C=O) groups is 1. The summed E-state index contributed by atoms with van der Waals surface area (Å²) in [6.45, 7) is 4.03. The van der Waals surface area contributed by atoms with Crippen LogP contribution in [0.25, 0.3) is 6.08 Å². The molecule has 3 heteroatoms. The summed E-state index contributed by atoms with van der Waals surface area (Å²) in [7, 11) is 0. The molecule has 2 aromatic carbocycles. The maximum atomic E-state index is 12.4. The zero-order chi connectivity index (χ0) is 16.1. The van der Waals surface area contributed by atoms with Crippen LogP contribution >= 0.6 is 0 Å². The smallest absolute Gasteiger partial charge is 0.246 e. The maximum absolute atomic E-state index is 12.4. The van der Waals surface area contributed by atoms with Gasteiger partial charge in [-0.05, 0) is 36.6 Å². The Hall–Kier alpha value is -2.55. The molecule has 3 rings (SSSR count). The molecule has 0 spiro atoms. The highest BCUT2D eigenvalue weighted by atomic mass is 16.5. The van der Waals surface area contributed by atoms with Crippen molar-refractivity contribution >= 4 is 12.0 Å². The number of para-hydroxylation sites is 1. The van der Waals surface area contributed by atoms with Crippen LogP contribution in [0.2, 0.25) is 0 Å². The maximum Gasteiger partial charge on any atom is 0.246 e. The minimum absolute atomic E-state index is 0.0470. The second-order valence-electron chi connectivity index (χ2n) is 5.58. The molecule has 0 fully saturated rings. The summed E-state index contributed by atoms with van der Waals surface area (Å²) in [5, 5.41) is 0. The van der Waals surface area contributed by atoms with Gasteiger partial charge < -0.3 is 9.64 Å². The van der Waals surface area contributed by atoms with Crippen molar-refractivity contribution in [1.82, 2.24) is 4.90 Å². The number of carbonyl (C=O) groups excluding carboxylic acids is 1. The third kappa shape index (κ3) is 3.62. The lowest BCUT2D eigenvalue weighted by Crippen LogP contribution is -2.34. The number of ether oxygens (including phenoxy) is 1. The highest BCUT2D eigenvalue weighted by Gasteiger charge is 2.18. The van der Waals surface area contributed by atoms with E-state index in [0.717, 1.165) is 24.3 Å². The van der Waals surface area contributed by atoms with Crippen molar-refractivity contribution < 1.29 is 9.53 Å². The van der Waals surface area contributed by atoms with Crippen molar-refractivity contribution in [3.05, 3.63) is 71.3 Å². The van der Waals surface area contributed by atoms with E-state index >= 15 is 0 Å². The molecule has 0 saturated carbocycles. The van der Waals surface area contributed by atoms with Gasteiger partial charge in [0.15, 0.2) is 0 Å². The molecule has 1 heterocycles. The average molecular weight is 307 g/mol. The minimum Gasteiger partial charge on any atom is -0.493 e. The van der Waals surface area contributed by atoms with E-state index in [4.69, 9.17) is 4.74 Å². The Bertz CT molecular complexity index is 721. The summed E-state index contributed by atoms with van der Waals surface area (Å²) in [5.74, 6) is 0.855. The highest BCUT2D eigenvalue weighted by Crippen LogP contribution is 2.21. The zero-order valence-corrected chi connectivity index (χ0v) is 13.4. The normalized spacial score (nSPS) is 13.9. The van der Waals surface area contributed by atoms with Gasteiger partial charge in [0.05, 0.1) is 6.61 Å². The number of benzene rings is 2. The predicted molar refractivity (Wildman–Crippen MR) is 92.2 cm³/mol. The van der Waals surface area contributed by atoms with Gasteiger partial charge in [0.1, 0.15) is 5.75 Å². The molecule has 0 N–H and O–H groups in total. The van der Waals surface area contributed by atoms with Crippen LogP contribution in [-0.2, 0) is 17.8 Å². The van der Waals surface area contributed by atoms with E-state index in [1.165, 1.54) is 11.1 Å². The summed E-state index contributed by atoms with van der Waals surface area (Å²) in [6.07, 6.45) is 4.41. The first-order valence-electron chi connectivity index (χ1n) is 8.03. The average Bonchev–Trinajstić information content (AvgIpc) is 2.60. The molecule has 0 unspecified atom stereocenters. The number of hydrogen-bond acceptors (Lipinski definition) is 2. The fourth-order valence-electron chi connectivity index (χ4n) is 2.86. The molecule has 1 amide bonds. The SMILES string of the molecule is CCOc1ccccc1/C=C/C(=O)N1CCc2ccccc2C1. The monoisotopic (exact) mass is 307 g/mol. The first-order chi connectivity index (χ1) is 11.3.